The molecule has 0 saturated carbocycles. The van der Waals surface area contributed by atoms with E-state index in [1.54, 1.807) is 6.33 Å². The molecular weight excluding hydrogens is 220 g/mol. The third-order valence-electron chi connectivity index (χ3n) is 1.92. The minimum absolute atomic E-state index is 0.176. The van der Waals surface area contributed by atoms with Crippen LogP contribution in [0.5, 0.6) is 0 Å². The summed E-state index contributed by atoms with van der Waals surface area (Å²) < 4.78 is 1.93. The second-order valence-electron chi connectivity index (χ2n) is 2.70. The first-order valence-electron chi connectivity index (χ1n) is 4.09. The Kier molecular flexibility index (Phi) is 2.43. The smallest absolute Gasteiger partial charge is 0.225 e. The van der Waals surface area contributed by atoms with Crippen molar-refractivity contribution < 1.29 is 0 Å². The minimum Gasteiger partial charge on any atom is -0.328 e. The van der Waals surface area contributed by atoms with Gasteiger partial charge in [-0.05, 0) is 18.5 Å². The zero-order valence-electron chi connectivity index (χ0n) is 7.44. The van der Waals surface area contributed by atoms with Crippen molar-refractivity contribution in [1.29, 1.82) is 0 Å². The Hall–Kier alpha value is -1.07. The van der Waals surface area contributed by atoms with Crippen LogP contribution in [0, 0.1) is 0 Å². The third-order valence-corrected chi connectivity index (χ3v) is 2.32. The number of halogens is 1. The van der Waals surface area contributed by atoms with Gasteiger partial charge >= 0.3 is 0 Å². The first kappa shape index (κ1) is 9.48. The standard InChI is InChI=1S/C8H7ClN4S/c1-2-13-4-10-7-6(13)5(3-14)11-8(9)12-7/h3-4H,2H2,1H3. The van der Waals surface area contributed by atoms with Crippen molar-refractivity contribution >= 4 is 40.4 Å². The van der Waals surface area contributed by atoms with E-state index in [4.69, 9.17) is 23.8 Å². The van der Waals surface area contributed by atoms with Gasteiger partial charge in [-0.3, -0.25) is 0 Å². The number of fused-ring (bicyclic) bond motifs is 1. The Morgan fingerprint density at radius 2 is 2.36 bits per heavy atom. The number of hydrogen-bond donors (Lipinski definition) is 0. The molecular formula is C8H7ClN4S. The molecule has 6 heteroatoms. The second kappa shape index (κ2) is 3.59. The second-order valence-corrected chi connectivity index (χ2v) is 3.27. The Labute approximate surface area is 90.9 Å². The van der Waals surface area contributed by atoms with Gasteiger partial charge in [0.1, 0.15) is 11.2 Å². The molecule has 4 nitrogen and oxygen atoms in total. The molecule has 0 N–H and O–H groups in total. The van der Waals surface area contributed by atoms with Gasteiger partial charge < -0.3 is 4.57 Å². The monoisotopic (exact) mass is 226 g/mol. The Morgan fingerprint density at radius 1 is 1.57 bits per heavy atom. The van der Waals surface area contributed by atoms with Crippen LogP contribution in [0.3, 0.4) is 0 Å². The van der Waals surface area contributed by atoms with Crippen LogP contribution in [0.2, 0.25) is 5.28 Å². The maximum absolute atomic E-state index is 5.72. The summed E-state index contributed by atoms with van der Waals surface area (Å²) in [4.78, 5) is 12.2. The first-order valence-corrected chi connectivity index (χ1v) is 4.94. The highest BCUT2D eigenvalue weighted by Crippen LogP contribution is 2.15. The molecule has 0 aliphatic rings. The normalized spacial score (nSPS) is 10.7. The summed E-state index contributed by atoms with van der Waals surface area (Å²) in [6.45, 7) is 2.82. The van der Waals surface area contributed by atoms with Crippen LogP contribution in [-0.2, 0) is 6.54 Å². The van der Waals surface area contributed by atoms with Crippen LogP contribution in [0.25, 0.3) is 11.2 Å². The summed E-state index contributed by atoms with van der Waals surface area (Å²) in [6.07, 6.45) is 1.71. The van der Waals surface area contributed by atoms with Gasteiger partial charge in [0.25, 0.3) is 0 Å². The van der Waals surface area contributed by atoms with Gasteiger partial charge in [-0.15, -0.1) is 0 Å². The van der Waals surface area contributed by atoms with Gasteiger partial charge in [-0.1, -0.05) is 12.2 Å². The zero-order chi connectivity index (χ0) is 10.1. The van der Waals surface area contributed by atoms with E-state index >= 15 is 0 Å². The Morgan fingerprint density at radius 3 is 3.00 bits per heavy atom. The summed E-state index contributed by atoms with van der Waals surface area (Å²) in [5.41, 5.74) is 2.07. The van der Waals surface area contributed by atoms with Gasteiger partial charge in [0.2, 0.25) is 5.28 Å². The van der Waals surface area contributed by atoms with Crippen LogP contribution in [0.15, 0.2) is 6.33 Å². The summed E-state index contributed by atoms with van der Waals surface area (Å²) in [5, 5.41) is 1.67. The number of nitrogens with zero attached hydrogens (tertiary/aromatic N) is 4. The molecule has 0 bridgehead atoms. The predicted molar refractivity (Wildman–Crippen MR) is 58.8 cm³/mol. The lowest BCUT2D eigenvalue weighted by molar-refractivity contribution is 0.785. The maximum atomic E-state index is 5.72. The van der Waals surface area contributed by atoms with Crippen LogP contribution in [0.1, 0.15) is 12.6 Å². The third kappa shape index (κ3) is 1.38. The molecule has 2 aromatic rings. The highest BCUT2D eigenvalue weighted by atomic mass is 35.5. The summed E-state index contributed by atoms with van der Waals surface area (Å²) >= 11 is 10.6. The maximum Gasteiger partial charge on any atom is 0.225 e. The number of imidazole rings is 1. The Bertz CT molecular complexity index is 493. The largest absolute Gasteiger partial charge is 0.328 e. The van der Waals surface area contributed by atoms with Crippen molar-refractivity contribution in [2.24, 2.45) is 0 Å². The number of rotatable bonds is 2. The van der Waals surface area contributed by atoms with Crippen LogP contribution >= 0.6 is 23.8 Å². The zero-order valence-corrected chi connectivity index (χ0v) is 9.01. The average molecular weight is 227 g/mol. The quantitative estimate of drug-likeness (QED) is 0.579. The summed E-state index contributed by atoms with van der Waals surface area (Å²) in [5.74, 6) is 0. The number of thiocarbonyl (C=S) groups is 1. The fraction of sp³-hybridized carbons (Fsp3) is 0.250. The lowest BCUT2D eigenvalue weighted by Gasteiger charge is -2.00. The van der Waals surface area contributed by atoms with Gasteiger partial charge in [0, 0.05) is 11.9 Å². The topological polar surface area (TPSA) is 43.6 Å². The SMILES string of the molecule is CCn1cnc2nc(Cl)nc(C=S)c21. The molecule has 0 unspecified atom stereocenters. The molecule has 0 spiro atoms. The summed E-state index contributed by atoms with van der Waals surface area (Å²) in [7, 11) is 0. The molecule has 0 fully saturated rings. The van der Waals surface area contributed by atoms with Gasteiger partial charge in [-0.25, -0.2) is 9.97 Å². The van der Waals surface area contributed by atoms with E-state index in [0.29, 0.717) is 11.3 Å². The van der Waals surface area contributed by atoms with Crippen LogP contribution in [0.4, 0.5) is 0 Å². The number of aryl methyl sites for hydroxylation is 1. The van der Waals surface area contributed by atoms with Crippen molar-refractivity contribution in [3.05, 3.63) is 17.3 Å². The van der Waals surface area contributed by atoms with Crippen molar-refractivity contribution in [2.75, 3.05) is 0 Å². The first-order chi connectivity index (χ1) is 6.76. The molecule has 0 saturated heterocycles. The lowest BCUT2D eigenvalue weighted by Crippen LogP contribution is -1.98. The van der Waals surface area contributed by atoms with E-state index in [-0.39, 0.29) is 5.28 Å². The van der Waals surface area contributed by atoms with Crippen LogP contribution < -0.4 is 0 Å². The van der Waals surface area contributed by atoms with Gasteiger partial charge in [0.05, 0.1) is 6.33 Å². The van der Waals surface area contributed by atoms with Gasteiger partial charge in [0.15, 0.2) is 5.65 Å². The number of aromatic nitrogens is 4. The molecule has 0 aromatic carbocycles. The fourth-order valence-electron chi connectivity index (χ4n) is 1.30. The van der Waals surface area contributed by atoms with Gasteiger partial charge in [-0.2, -0.15) is 4.98 Å². The number of hydrogen-bond acceptors (Lipinski definition) is 4. The van der Waals surface area contributed by atoms with Crippen molar-refractivity contribution in [1.82, 2.24) is 19.5 Å². The molecule has 14 heavy (non-hydrogen) atoms. The Balaban J connectivity index is 2.85. The highest BCUT2D eigenvalue weighted by molar-refractivity contribution is 7.79. The highest BCUT2D eigenvalue weighted by Gasteiger charge is 2.09. The van der Waals surface area contributed by atoms with Crippen LogP contribution in [-0.4, -0.2) is 24.9 Å². The predicted octanol–water partition coefficient (Wildman–Crippen LogP) is 1.85. The molecule has 2 rings (SSSR count). The van der Waals surface area contributed by atoms with Crippen molar-refractivity contribution in [2.45, 2.75) is 13.5 Å². The van der Waals surface area contributed by atoms with E-state index in [9.17, 15) is 0 Å². The van der Waals surface area contributed by atoms with E-state index < -0.39 is 0 Å². The van der Waals surface area contributed by atoms with E-state index in [1.807, 2.05) is 11.5 Å². The molecule has 72 valence electrons. The molecule has 2 aromatic heterocycles. The molecule has 0 aliphatic carbocycles. The average Bonchev–Trinajstić information content (AvgIpc) is 2.59. The molecule has 0 radical (unpaired) electrons. The molecule has 0 atom stereocenters. The molecule has 2 heterocycles. The van der Waals surface area contributed by atoms with E-state index in [0.717, 1.165) is 12.1 Å². The lowest BCUT2D eigenvalue weighted by atomic mass is 10.4. The van der Waals surface area contributed by atoms with Crippen molar-refractivity contribution in [3.8, 4) is 0 Å². The fourth-order valence-corrected chi connectivity index (χ4v) is 1.64. The molecule has 0 aliphatic heterocycles. The van der Waals surface area contributed by atoms with Crippen molar-refractivity contribution in [3.63, 3.8) is 0 Å². The molecule has 0 amide bonds. The van der Waals surface area contributed by atoms with E-state index in [2.05, 4.69) is 15.0 Å². The summed E-state index contributed by atoms with van der Waals surface area (Å²) in [6, 6.07) is 0. The van der Waals surface area contributed by atoms with E-state index in [1.165, 1.54) is 5.37 Å². The minimum atomic E-state index is 0.176.